The van der Waals surface area contributed by atoms with Gasteiger partial charge in [-0.25, -0.2) is 0 Å². The Kier molecular flexibility index (Phi) is 5.32. The molecule has 4 heteroatoms. The molecule has 15 heavy (non-hydrogen) atoms. The first-order valence-electron chi connectivity index (χ1n) is 5.16. The molecule has 0 unspecified atom stereocenters. The summed E-state index contributed by atoms with van der Waals surface area (Å²) in [6.07, 6.45) is 3.46. The Morgan fingerprint density at radius 2 is 2.20 bits per heavy atom. The highest BCUT2D eigenvalue weighted by Gasteiger charge is 2.12. The normalized spacial score (nSPS) is 10.3. The predicted molar refractivity (Wildman–Crippen MR) is 68.5 cm³/mol. The van der Waals surface area contributed by atoms with Crippen molar-refractivity contribution in [2.75, 3.05) is 13.6 Å². The van der Waals surface area contributed by atoms with Crippen LogP contribution in [0.25, 0.3) is 0 Å². The summed E-state index contributed by atoms with van der Waals surface area (Å²) >= 11 is 4.85. The SMILES string of the molecule is CCCCCN(C)C(=O)c1ccc(Br)s1. The van der Waals surface area contributed by atoms with Crippen molar-refractivity contribution in [3.05, 3.63) is 20.8 Å². The van der Waals surface area contributed by atoms with E-state index in [0.717, 1.165) is 21.6 Å². The monoisotopic (exact) mass is 289 g/mol. The quantitative estimate of drug-likeness (QED) is 0.756. The fourth-order valence-electron chi connectivity index (χ4n) is 1.32. The molecule has 1 aromatic rings. The molecule has 0 spiro atoms. The Morgan fingerprint density at radius 1 is 1.47 bits per heavy atom. The van der Waals surface area contributed by atoms with Gasteiger partial charge in [0, 0.05) is 13.6 Å². The fraction of sp³-hybridized carbons (Fsp3) is 0.545. The van der Waals surface area contributed by atoms with Crippen molar-refractivity contribution in [3.8, 4) is 0 Å². The van der Waals surface area contributed by atoms with Gasteiger partial charge in [0.05, 0.1) is 8.66 Å². The third-order valence-corrected chi connectivity index (χ3v) is 3.84. The van der Waals surface area contributed by atoms with Crippen LogP contribution in [0.1, 0.15) is 35.9 Å². The number of rotatable bonds is 5. The number of unbranched alkanes of at least 4 members (excludes halogenated alkanes) is 2. The minimum atomic E-state index is 0.127. The summed E-state index contributed by atoms with van der Waals surface area (Å²) in [6.45, 7) is 3.01. The molecule has 1 heterocycles. The second-order valence-corrected chi connectivity index (χ2v) is 6.00. The van der Waals surface area contributed by atoms with Gasteiger partial charge in [-0.15, -0.1) is 11.3 Å². The zero-order valence-electron chi connectivity index (χ0n) is 9.12. The molecule has 0 N–H and O–H groups in total. The fourth-order valence-corrected chi connectivity index (χ4v) is 2.70. The lowest BCUT2D eigenvalue weighted by atomic mass is 10.2. The molecule has 0 radical (unpaired) electrons. The Labute approximate surface area is 103 Å². The molecule has 0 saturated heterocycles. The smallest absolute Gasteiger partial charge is 0.263 e. The van der Waals surface area contributed by atoms with E-state index in [4.69, 9.17) is 0 Å². The van der Waals surface area contributed by atoms with Gasteiger partial charge in [-0.3, -0.25) is 4.79 Å². The molecule has 2 nitrogen and oxygen atoms in total. The van der Waals surface area contributed by atoms with Crippen LogP contribution in [0, 0.1) is 0 Å². The van der Waals surface area contributed by atoms with E-state index in [-0.39, 0.29) is 5.91 Å². The second-order valence-electron chi connectivity index (χ2n) is 3.54. The molecule has 0 saturated carbocycles. The first kappa shape index (κ1) is 12.7. The Hall–Kier alpha value is -0.350. The number of carbonyl (C=O) groups excluding carboxylic acids is 1. The topological polar surface area (TPSA) is 20.3 Å². The van der Waals surface area contributed by atoms with E-state index >= 15 is 0 Å². The van der Waals surface area contributed by atoms with Crippen LogP contribution in [0.5, 0.6) is 0 Å². The van der Waals surface area contributed by atoms with Crippen LogP contribution in [-0.4, -0.2) is 24.4 Å². The molecule has 0 atom stereocenters. The van der Waals surface area contributed by atoms with Crippen LogP contribution >= 0.6 is 27.3 Å². The van der Waals surface area contributed by atoms with Gasteiger partial charge >= 0.3 is 0 Å². The van der Waals surface area contributed by atoms with Crippen LogP contribution in [-0.2, 0) is 0 Å². The maximum atomic E-state index is 11.9. The predicted octanol–water partition coefficient (Wildman–Crippen LogP) is 3.77. The maximum absolute atomic E-state index is 11.9. The number of thiophene rings is 1. The van der Waals surface area contributed by atoms with Crippen molar-refractivity contribution in [3.63, 3.8) is 0 Å². The van der Waals surface area contributed by atoms with E-state index in [1.807, 2.05) is 19.2 Å². The zero-order chi connectivity index (χ0) is 11.3. The van der Waals surface area contributed by atoms with Gasteiger partial charge < -0.3 is 4.90 Å². The van der Waals surface area contributed by atoms with Crippen LogP contribution in [0.2, 0.25) is 0 Å². The second kappa shape index (κ2) is 6.28. The number of nitrogens with zero attached hydrogens (tertiary/aromatic N) is 1. The summed E-state index contributed by atoms with van der Waals surface area (Å²) in [5.74, 6) is 0.127. The summed E-state index contributed by atoms with van der Waals surface area (Å²) < 4.78 is 1.01. The van der Waals surface area contributed by atoms with Gasteiger partial charge in [0.15, 0.2) is 0 Å². The molecule has 84 valence electrons. The average Bonchev–Trinajstić information content (AvgIpc) is 2.64. The van der Waals surface area contributed by atoms with E-state index in [9.17, 15) is 4.79 Å². The van der Waals surface area contributed by atoms with Gasteiger partial charge in [-0.2, -0.15) is 0 Å². The van der Waals surface area contributed by atoms with E-state index in [1.165, 1.54) is 24.2 Å². The summed E-state index contributed by atoms with van der Waals surface area (Å²) in [4.78, 5) is 14.5. The van der Waals surface area contributed by atoms with Crippen LogP contribution < -0.4 is 0 Å². The first-order chi connectivity index (χ1) is 7.15. The highest BCUT2D eigenvalue weighted by atomic mass is 79.9. The summed E-state index contributed by atoms with van der Waals surface area (Å²) in [5, 5.41) is 0. The van der Waals surface area contributed by atoms with Gasteiger partial charge in [-0.1, -0.05) is 19.8 Å². The molecule has 0 aromatic carbocycles. The molecule has 0 bridgehead atoms. The molecular weight excluding hydrogens is 274 g/mol. The summed E-state index contributed by atoms with van der Waals surface area (Å²) in [5.41, 5.74) is 0. The van der Waals surface area contributed by atoms with E-state index in [1.54, 1.807) is 4.90 Å². The van der Waals surface area contributed by atoms with E-state index in [2.05, 4.69) is 22.9 Å². The van der Waals surface area contributed by atoms with Gasteiger partial charge in [-0.05, 0) is 34.5 Å². The molecule has 1 amide bonds. The lowest BCUT2D eigenvalue weighted by molar-refractivity contribution is 0.0797. The van der Waals surface area contributed by atoms with Crippen LogP contribution in [0.3, 0.4) is 0 Å². The molecule has 0 aliphatic rings. The Bertz CT molecular complexity index is 324. The number of carbonyl (C=O) groups is 1. The van der Waals surface area contributed by atoms with Gasteiger partial charge in [0.2, 0.25) is 0 Å². The lowest BCUT2D eigenvalue weighted by Crippen LogP contribution is -2.26. The summed E-state index contributed by atoms with van der Waals surface area (Å²) in [7, 11) is 1.87. The zero-order valence-corrected chi connectivity index (χ0v) is 11.5. The Balaban J connectivity index is 2.46. The third-order valence-electron chi connectivity index (χ3n) is 2.23. The molecule has 0 aliphatic heterocycles. The average molecular weight is 290 g/mol. The molecule has 1 aromatic heterocycles. The van der Waals surface area contributed by atoms with E-state index < -0.39 is 0 Å². The highest BCUT2D eigenvalue weighted by molar-refractivity contribution is 9.11. The van der Waals surface area contributed by atoms with Gasteiger partial charge in [0.1, 0.15) is 0 Å². The van der Waals surface area contributed by atoms with Crippen molar-refractivity contribution in [2.24, 2.45) is 0 Å². The highest BCUT2D eigenvalue weighted by Crippen LogP contribution is 2.23. The molecule has 1 rings (SSSR count). The van der Waals surface area contributed by atoms with Crippen LogP contribution in [0.4, 0.5) is 0 Å². The first-order valence-corrected chi connectivity index (χ1v) is 6.77. The number of hydrogen-bond acceptors (Lipinski definition) is 2. The van der Waals surface area contributed by atoms with E-state index in [0.29, 0.717) is 0 Å². The number of amides is 1. The number of halogens is 1. The number of hydrogen-bond donors (Lipinski definition) is 0. The molecular formula is C11H16BrNOS. The maximum Gasteiger partial charge on any atom is 0.263 e. The largest absolute Gasteiger partial charge is 0.341 e. The van der Waals surface area contributed by atoms with Crippen molar-refractivity contribution < 1.29 is 4.79 Å². The third kappa shape index (κ3) is 3.95. The Morgan fingerprint density at radius 3 is 2.73 bits per heavy atom. The minimum absolute atomic E-state index is 0.127. The van der Waals surface area contributed by atoms with Gasteiger partial charge in [0.25, 0.3) is 5.91 Å². The summed E-state index contributed by atoms with van der Waals surface area (Å²) in [6, 6.07) is 3.78. The minimum Gasteiger partial charge on any atom is -0.341 e. The molecule has 0 fully saturated rings. The van der Waals surface area contributed by atoms with Crippen molar-refractivity contribution in [1.29, 1.82) is 0 Å². The van der Waals surface area contributed by atoms with Crippen molar-refractivity contribution in [2.45, 2.75) is 26.2 Å². The standard InChI is InChI=1S/C11H16BrNOS/c1-3-4-5-8-13(2)11(14)9-6-7-10(12)15-9/h6-7H,3-5,8H2,1-2H3. The van der Waals surface area contributed by atoms with Crippen molar-refractivity contribution >= 4 is 33.2 Å². The lowest BCUT2D eigenvalue weighted by Gasteiger charge is -2.15. The van der Waals surface area contributed by atoms with Crippen LogP contribution in [0.15, 0.2) is 15.9 Å². The molecule has 0 aliphatic carbocycles. The van der Waals surface area contributed by atoms with Crippen molar-refractivity contribution in [1.82, 2.24) is 4.90 Å².